The van der Waals surface area contributed by atoms with Crippen molar-refractivity contribution in [3.8, 4) is 0 Å². The Labute approximate surface area is 81.0 Å². The summed E-state index contributed by atoms with van der Waals surface area (Å²) >= 11 is 0. The van der Waals surface area contributed by atoms with Crippen molar-refractivity contribution in [2.75, 3.05) is 0 Å². The molecule has 2 aromatic carbocycles. The highest BCUT2D eigenvalue weighted by Crippen LogP contribution is 2.26. The zero-order chi connectivity index (χ0) is 9.54. The molecule has 1 radical (unpaired) electrons. The summed E-state index contributed by atoms with van der Waals surface area (Å²) in [4.78, 5) is 0. The van der Waals surface area contributed by atoms with Gasteiger partial charge in [-0.3, -0.25) is 0 Å². The van der Waals surface area contributed by atoms with Gasteiger partial charge >= 0.3 is 0 Å². The van der Waals surface area contributed by atoms with Crippen molar-refractivity contribution in [3.05, 3.63) is 48.5 Å². The Morgan fingerprint density at radius 3 is 1.64 bits per heavy atom. The van der Waals surface area contributed by atoms with Crippen LogP contribution in [-0.2, 0) is 5.21 Å². The molecule has 1 heterocycles. The fourth-order valence-electron chi connectivity index (χ4n) is 1.89. The summed E-state index contributed by atoms with van der Waals surface area (Å²) in [5.74, 6) is 0. The fraction of sp³-hybridized carbons (Fsp3) is 0. The number of benzene rings is 2. The number of para-hydroxylation sites is 2. The molecule has 0 unspecified atom stereocenters. The molecule has 2 heteroatoms. The number of rotatable bonds is 0. The van der Waals surface area contributed by atoms with Crippen LogP contribution in [0.4, 0.5) is 0 Å². The molecule has 0 aliphatic heterocycles. The Bertz CT molecular complexity index is 557. The molecular weight excluding hydrogens is 174 g/mol. The molecule has 0 aliphatic carbocycles. The zero-order valence-corrected chi connectivity index (χ0v) is 7.47. The van der Waals surface area contributed by atoms with Crippen molar-refractivity contribution >= 4 is 21.8 Å². The first-order valence-corrected chi connectivity index (χ1v) is 4.53. The number of nitrogens with zero attached hydrogens (tertiary/aromatic N) is 1. The van der Waals surface area contributed by atoms with Crippen LogP contribution in [0.15, 0.2) is 48.5 Å². The van der Waals surface area contributed by atoms with Gasteiger partial charge in [-0.05, 0) is 12.1 Å². The lowest BCUT2D eigenvalue weighted by Crippen LogP contribution is -1.84. The van der Waals surface area contributed by atoms with Gasteiger partial charge in [-0.25, -0.2) is 0 Å². The number of hydrogen-bond acceptors (Lipinski definition) is 0. The normalized spacial score (nSPS) is 11.1. The minimum Gasteiger partial charge on any atom is -0.165 e. The minimum absolute atomic E-state index is 0.744. The smallest absolute Gasteiger partial charge is 0.0929 e. The zero-order valence-electron chi connectivity index (χ0n) is 7.47. The van der Waals surface area contributed by atoms with Crippen molar-refractivity contribution < 1.29 is 5.21 Å². The first kappa shape index (κ1) is 7.44. The molecule has 0 bridgehead atoms. The lowest BCUT2D eigenvalue weighted by atomic mass is 10.2. The van der Waals surface area contributed by atoms with E-state index >= 15 is 0 Å². The molecule has 0 amide bonds. The van der Waals surface area contributed by atoms with Crippen LogP contribution in [0.2, 0.25) is 0 Å². The van der Waals surface area contributed by atoms with E-state index in [2.05, 4.69) is 0 Å². The van der Waals surface area contributed by atoms with Gasteiger partial charge in [-0.1, -0.05) is 36.4 Å². The van der Waals surface area contributed by atoms with E-state index in [9.17, 15) is 5.21 Å². The lowest BCUT2D eigenvalue weighted by molar-refractivity contribution is 0.114. The summed E-state index contributed by atoms with van der Waals surface area (Å²) in [6.45, 7) is 0. The predicted octanol–water partition coefficient (Wildman–Crippen LogP) is 2.99. The van der Waals surface area contributed by atoms with E-state index in [1.54, 1.807) is 0 Å². The van der Waals surface area contributed by atoms with Crippen LogP contribution in [0, 0.1) is 0 Å². The second kappa shape index (κ2) is 2.51. The topological polar surface area (TPSA) is 24.8 Å². The molecule has 0 spiro atoms. The van der Waals surface area contributed by atoms with Gasteiger partial charge in [0.1, 0.15) is 0 Å². The van der Waals surface area contributed by atoms with Crippen molar-refractivity contribution in [3.63, 3.8) is 0 Å². The average Bonchev–Trinajstić information content (AvgIpc) is 2.55. The maximum atomic E-state index is 11.8. The first-order valence-electron chi connectivity index (χ1n) is 4.53. The summed E-state index contributed by atoms with van der Waals surface area (Å²) in [7, 11) is 0. The molecule has 3 rings (SSSR count). The summed E-state index contributed by atoms with van der Waals surface area (Å²) in [6.07, 6.45) is 0. The molecule has 14 heavy (non-hydrogen) atoms. The highest BCUT2D eigenvalue weighted by molar-refractivity contribution is 6.07. The molecule has 67 valence electrons. The Kier molecular flexibility index (Phi) is 1.34. The third-order valence-electron chi connectivity index (χ3n) is 2.54. The Morgan fingerprint density at radius 2 is 1.14 bits per heavy atom. The maximum absolute atomic E-state index is 11.8. The molecule has 2 nitrogen and oxygen atoms in total. The maximum Gasteiger partial charge on any atom is 0.0929 e. The van der Waals surface area contributed by atoms with Crippen LogP contribution >= 0.6 is 0 Å². The van der Waals surface area contributed by atoms with E-state index in [1.807, 2.05) is 48.5 Å². The Morgan fingerprint density at radius 1 is 0.714 bits per heavy atom. The Balaban J connectivity index is 2.69. The van der Waals surface area contributed by atoms with E-state index in [0.29, 0.717) is 0 Å². The molecule has 0 fully saturated rings. The predicted molar refractivity (Wildman–Crippen MR) is 55.5 cm³/mol. The van der Waals surface area contributed by atoms with Crippen LogP contribution in [0.25, 0.3) is 21.8 Å². The van der Waals surface area contributed by atoms with E-state index in [0.717, 1.165) is 26.5 Å². The van der Waals surface area contributed by atoms with Crippen LogP contribution in [0.3, 0.4) is 0 Å². The highest BCUT2D eigenvalue weighted by Gasteiger charge is 2.08. The fourth-order valence-corrected chi connectivity index (χ4v) is 1.89. The SMILES string of the molecule is [O]n1c2ccccc2c2ccccc21. The standard InChI is InChI=1S/C12H8NO/c14-13-11-7-3-1-5-9(11)10-6-2-4-8-12(10)13/h1-8H. The summed E-state index contributed by atoms with van der Waals surface area (Å²) in [5, 5.41) is 13.9. The van der Waals surface area contributed by atoms with Crippen LogP contribution in [-0.4, -0.2) is 4.73 Å². The third kappa shape index (κ3) is 0.799. The van der Waals surface area contributed by atoms with E-state index in [4.69, 9.17) is 0 Å². The molecule has 0 atom stereocenters. The number of fused-ring (bicyclic) bond motifs is 3. The van der Waals surface area contributed by atoms with Gasteiger partial charge in [0.2, 0.25) is 0 Å². The van der Waals surface area contributed by atoms with E-state index in [1.165, 1.54) is 0 Å². The quantitative estimate of drug-likeness (QED) is 0.510. The molecule has 0 aliphatic rings. The van der Waals surface area contributed by atoms with Gasteiger partial charge in [0.25, 0.3) is 0 Å². The second-order valence-corrected chi connectivity index (χ2v) is 3.33. The van der Waals surface area contributed by atoms with Crippen molar-refractivity contribution in [1.29, 1.82) is 0 Å². The highest BCUT2D eigenvalue weighted by atomic mass is 16.5. The third-order valence-corrected chi connectivity index (χ3v) is 2.54. The summed E-state index contributed by atoms with van der Waals surface area (Å²) in [6, 6.07) is 15.3. The second-order valence-electron chi connectivity index (χ2n) is 3.33. The van der Waals surface area contributed by atoms with Gasteiger partial charge in [-0.15, -0.1) is 4.73 Å². The molecular formula is C12H8NO. The monoisotopic (exact) mass is 182 g/mol. The van der Waals surface area contributed by atoms with E-state index < -0.39 is 0 Å². The van der Waals surface area contributed by atoms with Crippen LogP contribution in [0.1, 0.15) is 0 Å². The van der Waals surface area contributed by atoms with Crippen molar-refractivity contribution in [2.24, 2.45) is 0 Å². The van der Waals surface area contributed by atoms with E-state index in [-0.39, 0.29) is 0 Å². The first-order chi connectivity index (χ1) is 6.88. The molecule has 1 aromatic heterocycles. The van der Waals surface area contributed by atoms with Gasteiger partial charge in [0.15, 0.2) is 0 Å². The minimum atomic E-state index is 0.744. The van der Waals surface area contributed by atoms with Gasteiger partial charge in [-0.2, -0.15) is 5.21 Å². The largest absolute Gasteiger partial charge is 0.165 e. The van der Waals surface area contributed by atoms with Gasteiger partial charge in [0, 0.05) is 10.8 Å². The lowest BCUT2D eigenvalue weighted by Gasteiger charge is -1.89. The van der Waals surface area contributed by atoms with Crippen molar-refractivity contribution in [1.82, 2.24) is 4.73 Å². The summed E-state index contributed by atoms with van der Waals surface area (Å²) in [5.41, 5.74) is 1.49. The number of aromatic nitrogens is 1. The van der Waals surface area contributed by atoms with Gasteiger partial charge < -0.3 is 0 Å². The van der Waals surface area contributed by atoms with Gasteiger partial charge in [0.05, 0.1) is 11.0 Å². The molecule has 0 saturated heterocycles. The van der Waals surface area contributed by atoms with Crippen molar-refractivity contribution in [2.45, 2.75) is 0 Å². The summed E-state index contributed by atoms with van der Waals surface area (Å²) < 4.78 is 0.991. The number of hydrogen-bond donors (Lipinski definition) is 0. The molecule has 0 N–H and O–H groups in total. The Hall–Kier alpha value is -1.96. The van der Waals surface area contributed by atoms with Crippen LogP contribution < -0.4 is 0 Å². The average molecular weight is 182 g/mol. The molecule has 3 aromatic rings. The molecule has 0 saturated carbocycles. The van der Waals surface area contributed by atoms with Crippen LogP contribution in [0.5, 0.6) is 0 Å².